The van der Waals surface area contributed by atoms with E-state index in [-0.39, 0.29) is 16.9 Å². The van der Waals surface area contributed by atoms with Crippen LogP contribution >= 0.6 is 0 Å². The number of hydrogen-bond acceptors (Lipinski definition) is 4. The minimum Gasteiger partial charge on any atom is -0.497 e. The standard InChI is InChI=1S/C20H16FN3O3/c1-27-15-6-4-5-14(12-15)23-19(25)13-9-10-22-18(11-13)20(26)24-17-8-3-2-7-16(17)21/h2-12H,1H3,(H,23,25)(H,24,26). The van der Waals surface area contributed by atoms with Crippen LogP contribution in [0.25, 0.3) is 0 Å². The molecule has 0 fully saturated rings. The van der Waals surface area contributed by atoms with Crippen molar-refractivity contribution in [2.45, 2.75) is 0 Å². The van der Waals surface area contributed by atoms with Crippen LogP contribution in [-0.2, 0) is 0 Å². The largest absolute Gasteiger partial charge is 0.497 e. The first-order valence-electron chi connectivity index (χ1n) is 8.04. The Hall–Kier alpha value is -3.74. The van der Waals surface area contributed by atoms with E-state index >= 15 is 0 Å². The third kappa shape index (κ3) is 4.46. The van der Waals surface area contributed by atoms with Crippen molar-refractivity contribution in [3.63, 3.8) is 0 Å². The summed E-state index contributed by atoms with van der Waals surface area (Å²) in [5, 5.41) is 5.15. The molecule has 0 atom stereocenters. The van der Waals surface area contributed by atoms with E-state index in [1.54, 1.807) is 30.3 Å². The number of pyridine rings is 1. The number of nitrogens with zero attached hydrogens (tertiary/aromatic N) is 1. The molecule has 0 saturated heterocycles. The Morgan fingerprint density at radius 1 is 0.963 bits per heavy atom. The zero-order chi connectivity index (χ0) is 19.2. The molecule has 0 aliphatic carbocycles. The summed E-state index contributed by atoms with van der Waals surface area (Å²) in [5.74, 6) is -0.980. The van der Waals surface area contributed by atoms with Crippen molar-refractivity contribution in [1.29, 1.82) is 0 Å². The molecule has 27 heavy (non-hydrogen) atoms. The lowest BCUT2D eigenvalue weighted by molar-refractivity contribution is 0.102. The van der Waals surface area contributed by atoms with Gasteiger partial charge in [-0.15, -0.1) is 0 Å². The van der Waals surface area contributed by atoms with Crippen molar-refractivity contribution in [3.8, 4) is 5.75 Å². The summed E-state index contributed by atoms with van der Waals surface area (Å²) in [4.78, 5) is 28.7. The molecular weight excluding hydrogens is 349 g/mol. The van der Waals surface area contributed by atoms with Crippen LogP contribution in [0.3, 0.4) is 0 Å². The molecule has 0 radical (unpaired) electrons. The SMILES string of the molecule is COc1cccc(NC(=O)c2ccnc(C(=O)Nc3ccccc3F)c2)c1. The lowest BCUT2D eigenvalue weighted by Crippen LogP contribution is -2.17. The first-order valence-corrected chi connectivity index (χ1v) is 8.04. The van der Waals surface area contributed by atoms with Crippen LogP contribution in [0.15, 0.2) is 66.9 Å². The van der Waals surface area contributed by atoms with E-state index < -0.39 is 17.6 Å². The molecule has 3 rings (SSSR count). The maximum absolute atomic E-state index is 13.7. The maximum Gasteiger partial charge on any atom is 0.274 e. The zero-order valence-corrected chi connectivity index (χ0v) is 14.4. The third-order valence-electron chi connectivity index (χ3n) is 3.70. The Kier molecular flexibility index (Phi) is 5.41. The van der Waals surface area contributed by atoms with E-state index in [4.69, 9.17) is 4.74 Å². The molecule has 2 amide bonds. The predicted molar refractivity (Wildman–Crippen MR) is 99.5 cm³/mol. The highest BCUT2D eigenvalue weighted by atomic mass is 19.1. The number of rotatable bonds is 5. The van der Waals surface area contributed by atoms with Gasteiger partial charge in [0.05, 0.1) is 12.8 Å². The molecule has 0 saturated carbocycles. The molecule has 1 aromatic heterocycles. The van der Waals surface area contributed by atoms with Crippen molar-refractivity contribution in [1.82, 2.24) is 4.98 Å². The molecule has 0 spiro atoms. The fourth-order valence-electron chi connectivity index (χ4n) is 2.35. The average molecular weight is 365 g/mol. The second kappa shape index (κ2) is 8.09. The molecule has 0 unspecified atom stereocenters. The molecule has 136 valence electrons. The Balaban J connectivity index is 1.75. The van der Waals surface area contributed by atoms with Gasteiger partial charge in [-0.1, -0.05) is 18.2 Å². The van der Waals surface area contributed by atoms with Gasteiger partial charge in [0.1, 0.15) is 17.3 Å². The van der Waals surface area contributed by atoms with Gasteiger partial charge in [-0.05, 0) is 36.4 Å². The lowest BCUT2D eigenvalue weighted by Gasteiger charge is -2.09. The monoisotopic (exact) mass is 365 g/mol. The minimum absolute atomic E-state index is 0.00320. The number of halogens is 1. The van der Waals surface area contributed by atoms with Crippen molar-refractivity contribution < 1.29 is 18.7 Å². The van der Waals surface area contributed by atoms with E-state index in [0.717, 1.165) is 0 Å². The molecule has 1 heterocycles. The highest BCUT2D eigenvalue weighted by molar-refractivity contribution is 6.07. The summed E-state index contributed by atoms with van der Waals surface area (Å²) in [5.41, 5.74) is 0.826. The number of methoxy groups -OCH3 is 1. The third-order valence-corrected chi connectivity index (χ3v) is 3.70. The number of aromatic nitrogens is 1. The molecule has 2 aromatic carbocycles. The molecule has 0 bridgehead atoms. The molecule has 7 heteroatoms. The van der Waals surface area contributed by atoms with Gasteiger partial charge < -0.3 is 15.4 Å². The summed E-state index contributed by atoms with van der Waals surface area (Å²) >= 11 is 0. The highest BCUT2D eigenvalue weighted by Gasteiger charge is 2.14. The quantitative estimate of drug-likeness (QED) is 0.722. The number of carbonyl (C=O) groups is 2. The van der Waals surface area contributed by atoms with Gasteiger partial charge in [0.2, 0.25) is 0 Å². The second-order valence-electron chi connectivity index (χ2n) is 5.55. The Morgan fingerprint density at radius 3 is 2.56 bits per heavy atom. The Labute approximate surface area is 155 Å². The first kappa shape index (κ1) is 18.1. The van der Waals surface area contributed by atoms with E-state index in [2.05, 4.69) is 15.6 Å². The van der Waals surface area contributed by atoms with Crippen LogP contribution in [0, 0.1) is 5.82 Å². The fraction of sp³-hybridized carbons (Fsp3) is 0.0500. The van der Waals surface area contributed by atoms with Crippen LogP contribution in [0.5, 0.6) is 5.75 Å². The number of anilines is 2. The van der Waals surface area contributed by atoms with Gasteiger partial charge in [-0.3, -0.25) is 14.6 Å². The van der Waals surface area contributed by atoms with Crippen LogP contribution in [0.4, 0.5) is 15.8 Å². The molecule has 3 aromatic rings. The van der Waals surface area contributed by atoms with Gasteiger partial charge in [0, 0.05) is 23.5 Å². The average Bonchev–Trinajstić information content (AvgIpc) is 2.70. The van der Waals surface area contributed by atoms with Gasteiger partial charge >= 0.3 is 0 Å². The number of benzene rings is 2. The number of nitrogens with one attached hydrogen (secondary N) is 2. The summed E-state index contributed by atoms with van der Waals surface area (Å²) in [6.07, 6.45) is 1.34. The smallest absolute Gasteiger partial charge is 0.274 e. The predicted octanol–water partition coefficient (Wildman–Crippen LogP) is 3.73. The molecule has 0 aliphatic heterocycles. The molecule has 2 N–H and O–H groups in total. The number of amides is 2. The number of para-hydroxylation sites is 1. The number of hydrogen-bond donors (Lipinski definition) is 2. The second-order valence-corrected chi connectivity index (χ2v) is 5.55. The van der Waals surface area contributed by atoms with Gasteiger partial charge in [-0.2, -0.15) is 0 Å². The van der Waals surface area contributed by atoms with Gasteiger partial charge in [-0.25, -0.2) is 4.39 Å². The van der Waals surface area contributed by atoms with Crippen LogP contribution in [0.2, 0.25) is 0 Å². The van der Waals surface area contributed by atoms with E-state index in [1.807, 2.05) is 0 Å². The van der Waals surface area contributed by atoms with Crippen molar-refractivity contribution in [3.05, 3.63) is 83.9 Å². The summed E-state index contributed by atoms with van der Waals surface area (Å²) in [7, 11) is 1.53. The van der Waals surface area contributed by atoms with Crippen LogP contribution < -0.4 is 15.4 Å². The van der Waals surface area contributed by atoms with Crippen LogP contribution in [0.1, 0.15) is 20.8 Å². The van der Waals surface area contributed by atoms with E-state index in [1.165, 1.54) is 43.6 Å². The van der Waals surface area contributed by atoms with Crippen molar-refractivity contribution >= 4 is 23.2 Å². The van der Waals surface area contributed by atoms with Gasteiger partial charge in [0.15, 0.2) is 0 Å². The van der Waals surface area contributed by atoms with E-state index in [0.29, 0.717) is 11.4 Å². The normalized spacial score (nSPS) is 10.1. The molecular formula is C20H16FN3O3. The summed E-state index contributed by atoms with van der Waals surface area (Å²) in [6.45, 7) is 0. The molecule has 6 nitrogen and oxygen atoms in total. The minimum atomic E-state index is -0.615. The fourth-order valence-corrected chi connectivity index (χ4v) is 2.35. The topological polar surface area (TPSA) is 80.3 Å². The zero-order valence-electron chi connectivity index (χ0n) is 14.4. The number of carbonyl (C=O) groups excluding carboxylic acids is 2. The van der Waals surface area contributed by atoms with Gasteiger partial charge in [0.25, 0.3) is 11.8 Å². The summed E-state index contributed by atoms with van der Waals surface area (Å²) < 4.78 is 18.8. The summed E-state index contributed by atoms with van der Waals surface area (Å²) in [6, 6.07) is 15.5. The Bertz CT molecular complexity index is 991. The van der Waals surface area contributed by atoms with Crippen LogP contribution in [-0.4, -0.2) is 23.9 Å². The Morgan fingerprint density at radius 2 is 1.78 bits per heavy atom. The highest BCUT2D eigenvalue weighted by Crippen LogP contribution is 2.18. The first-order chi connectivity index (χ1) is 13.1. The number of ether oxygens (including phenoxy) is 1. The van der Waals surface area contributed by atoms with Crippen molar-refractivity contribution in [2.75, 3.05) is 17.7 Å². The lowest BCUT2D eigenvalue weighted by atomic mass is 10.2. The maximum atomic E-state index is 13.7. The van der Waals surface area contributed by atoms with E-state index in [9.17, 15) is 14.0 Å². The molecule has 0 aliphatic rings. The van der Waals surface area contributed by atoms with Crippen molar-refractivity contribution in [2.24, 2.45) is 0 Å².